The Morgan fingerprint density at radius 1 is 1.25 bits per heavy atom. The van der Waals surface area contributed by atoms with Crippen LogP contribution in [-0.2, 0) is 4.74 Å². The average molecular weight is 336 g/mol. The van der Waals surface area contributed by atoms with E-state index < -0.39 is 16.6 Å². The van der Waals surface area contributed by atoms with Crippen molar-refractivity contribution in [1.29, 1.82) is 0 Å². The van der Waals surface area contributed by atoms with Crippen LogP contribution >= 0.6 is 0 Å². The Morgan fingerprint density at radius 2 is 1.88 bits per heavy atom. The lowest BCUT2D eigenvalue weighted by molar-refractivity contribution is -0.383. The van der Waals surface area contributed by atoms with Crippen LogP contribution in [0.4, 0.5) is 21.9 Å². The number of hydrogen-bond donors (Lipinski definition) is 1. The van der Waals surface area contributed by atoms with Gasteiger partial charge in [0.25, 0.3) is 5.69 Å². The predicted molar refractivity (Wildman–Crippen MR) is 92.7 cm³/mol. The lowest BCUT2D eigenvalue weighted by Gasteiger charge is -2.34. The summed E-state index contributed by atoms with van der Waals surface area (Å²) in [5.74, 6) is 0. The van der Waals surface area contributed by atoms with E-state index in [9.17, 15) is 14.9 Å². The summed E-state index contributed by atoms with van der Waals surface area (Å²) < 4.78 is 5.18. The van der Waals surface area contributed by atoms with E-state index >= 15 is 0 Å². The Bertz CT molecular complexity index is 619. The molecule has 1 aliphatic rings. The van der Waals surface area contributed by atoms with Crippen LogP contribution in [-0.4, -0.2) is 54.7 Å². The largest absolute Gasteiger partial charge is 0.444 e. The van der Waals surface area contributed by atoms with Crippen LogP contribution in [0, 0.1) is 10.1 Å². The number of piperazine rings is 1. The topological polar surface area (TPSA) is 88.0 Å². The van der Waals surface area contributed by atoms with Gasteiger partial charge >= 0.3 is 6.09 Å². The highest BCUT2D eigenvalue weighted by Gasteiger charge is 2.23. The molecular weight excluding hydrogens is 312 g/mol. The normalized spacial score (nSPS) is 15.9. The molecule has 0 aliphatic carbocycles. The summed E-state index contributed by atoms with van der Waals surface area (Å²) in [6.45, 7) is 8.73. The van der Waals surface area contributed by atoms with Gasteiger partial charge in [0.15, 0.2) is 0 Å². The molecular formula is C16H24N4O4. The van der Waals surface area contributed by atoms with Crippen molar-refractivity contribution >= 4 is 23.2 Å². The van der Waals surface area contributed by atoms with E-state index in [4.69, 9.17) is 4.74 Å². The first-order valence-electron chi connectivity index (χ1n) is 7.87. The van der Waals surface area contributed by atoms with Gasteiger partial charge in [-0.25, -0.2) is 4.79 Å². The summed E-state index contributed by atoms with van der Waals surface area (Å²) in [7, 11) is 2.06. The van der Waals surface area contributed by atoms with Crippen molar-refractivity contribution in [1.82, 2.24) is 4.90 Å². The molecule has 24 heavy (non-hydrogen) atoms. The van der Waals surface area contributed by atoms with E-state index in [0.29, 0.717) is 0 Å². The molecule has 0 radical (unpaired) electrons. The molecule has 1 aliphatic heterocycles. The summed E-state index contributed by atoms with van der Waals surface area (Å²) in [4.78, 5) is 27.0. The molecule has 0 unspecified atom stereocenters. The smallest absolute Gasteiger partial charge is 0.412 e. The van der Waals surface area contributed by atoms with Crippen LogP contribution < -0.4 is 10.2 Å². The highest BCUT2D eigenvalue weighted by Crippen LogP contribution is 2.30. The zero-order valence-electron chi connectivity index (χ0n) is 14.5. The molecule has 8 heteroatoms. The van der Waals surface area contributed by atoms with Crippen molar-refractivity contribution in [2.45, 2.75) is 26.4 Å². The second-order valence-corrected chi connectivity index (χ2v) is 6.88. The van der Waals surface area contributed by atoms with Crippen molar-refractivity contribution in [2.24, 2.45) is 0 Å². The van der Waals surface area contributed by atoms with Crippen LogP contribution in [0.25, 0.3) is 0 Å². The summed E-state index contributed by atoms with van der Waals surface area (Å²) in [6.07, 6.45) is -0.707. The Kier molecular flexibility index (Phi) is 5.28. The van der Waals surface area contributed by atoms with Gasteiger partial charge in [-0.15, -0.1) is 0 Å². The zero-order chi connectivity index (χ0) is 17.9. The van der Waals surface area contributed by atoms with Gasteiger partial charge in [0.05, 0.1) is 4.92 Å². The maximum absolute atomic E-state index is 12.0. The van der Waals surface area contributed by atoms with E-state index in [0.717, 1.165) is 31.9 Å². The van der Waals surface area contributed by atoms with Gasteiger partial charge in [-0.2, -0.15) is 0 Å². The van der Waals surface area contributed by atoms with E-state index in [1.54, 1.807) is 32.9 Å². The van der Waals surface area contributed by atoms with Crippen molar-refractivity contribution < 1.29 is 14.5 Å². The molecule has 1 aromatic carbocycles. The minimum Gasteiger partial charge on any atom is -0.444 e. The van der Waals surface area contributed by atoms with Crippen molar-refractivity contribution in [3.63, 3.8) is 0 Å². The number of ether oxygens (including phenoxy) is 1. The third-order valence-corrected chi connectivity index (χ3v) is 3.68. The summed E-state index contributed by atoms with van der Waals surface area (Å²) in [6, 6.07) is 4.76. The molecule has 0 atom stereocenters. The lowest BCUT2D eigenvalue weighted by atomic mass is 10.2. The Hall–Kier alpha value is -2.35. The number of benzene rings is 1. The van der Waals surface area contributed by atoms with E-state index in [-0.39, 0.29) is 11.4 Å². The first-order valence-corrected chi connectivity index (χ1v) is 7.87. The van der Waals surface area contributed by atoms with Gasteiger partial charge in [0, 0.05) is 37.9 Å². The standard InChI is InChI=1S/C16H24N4O4/c1-16(2,3)24-15(21)17-13-11-12(5-6-14(13)20(22)23)19-9-7-18(4)8-10-19/h5-6,11H,7-10H2,1-4H3,(H,17,21). The maximum atomic E-state index is 12.0. The fourth-order valence-electron chi connectivity index (χ4n) is 2.46. The number of likely N-dealkylation sites (N-methyl/N-ethyl adjacent to an activating group) is 1. The molecule has 1 saturated heterocycles. The molecule has 1 aromatic rings. The lowest BCUT2D eigenvalue weighted by Crippen LogP contribution is -2.44. The number of nitro groups is 1. The molecule has 0 saturated carbocycles. The maximum Gasteiger partial charge on any atom is 0.412 e. The van der Waals surface area contributed by atoms with Gasteiger partial charge < -0.3 is 14.5 Å². The van der Waals surface area contributed by atoms with Gasteiger partial charge in [-0.3, -0.25) is 15.4 Å². The van der Waals surface area contributed by atoms with E-state index in [1.165, 1.54) is 6.07 Å². The molecule has 1 fully saturated rings. The minimum absolute atomic E-state index is 0.144. The minimum atomic E-state index is -0.707. The predicted octanol–water partition coefficient (Wildman–Crippen LogP) is 2.69. The average Bonchev–Trinajstić information content (AvgIpc) is 2.45. The molecule has 1 N–H and O–H groups in total. The van der Waals surface area contributed by atoms with Gasteiger partial charge in [0.2, 0.25) is 0 Å². The monoisotopic (exact) mass is 336 g/mol. The van der Waals surface area contributed by atoms with Gasteiger partial charge in [-0.1, -0.05) is 0 Å². The van der Waals surface area contributed by atoms with Crippen molar-refractivity contribution in [3.05, 3.63) is 28.3 Å². The van der Waals surface area contributed by atoms with Crippen LogP contribution in [0.1, 0.15) is 20.8 Å². The fraction of sp³-hybridized carbons (Fsp3) is 0.562. The molecule has 132 valence electrons. The van der Waals surface area contributed by atoms with Crippen LogP contribution in [0.15, 0.2) is 18.2 Å². The zero-order valence-corrected chi connectivity index (χ0v) is 14.5. The number of amides is 1. The highest BCUT2D eigenvalue weighted by molar-refractivity contribution is 5.89. The van der Waals surface area contributed by atoms with E-state index in [1.807, 2.05) is 0 Å². The van der Waals surface area contributed by atoms with Gasteiger partial charge in [0.1, 0.15) is 11.3 Å². The second kappa shape index (κ2) is 7.04. The summed E-state index contributed by atoms with van der Waals surface area (Å²) >= 11 is 0. The third-order valence-electron chi connectivity index (χ3n) is 3.68. The molecule has 1 heterocycles. The molecule has 2 rings (SSSR count). The second-order valence-electron chi connectivity index (χ2n) is 6.88. The van der Waals surface area contributed by atoms with Gasteiger partial charge in [-0.05, 0) is 40.0 Å². The number of carbonyl (C=O) groups excluding carboxylic acids is 1. The van der Waals surface area contributed by atoms with E-state index in [2.05, 4.69) is 22.2 Å². The van der Waals surface area contributed by atoms with Crippen molar-refractivity contribution in [3.8, 4) is 0 Å². The highest BCUT2D eigenvalue weighted by atomic mass is 16.6. The summed E-state index contributed by atoms with van der Waals surface area (Å²) in [5.41, 5.74) is 0.165. The number of rotatable bonds is 3. The Morgan fingerprint density at radius 3 is 2.42 bits per heavy atom. The molecule has 0 spiro atoms. The van der Waals surface area contributed by atoms with Crippen LogP contribution in [0.3, 0.4) is 0 Å². The number of hydrogen-bond acceptors (Lipinski definition) is 6. The number of nitro benzene ring substituents is 1. The van der Waals surface area contributed by atoms with Crippen molar-refractivity contribution in [2.75, 3.05) is 43.4 Å². The Labute approximate surface area is 141 Å². The summed E-state index contributed by atoms with van der Waals surface area (Å²) in [5, 5.41) is 13.7. The third kappa shape index (κ3) is 4.82. The van der Waals surface area contributed by atoms with Crippen LogP contribution in [0.2, 0.25) is 0 Å². The molecule has 1 amide bonds. The molecule has 0 aromatic heterocycles. The number of anilines is 2. The number of nitrogens with zero attached hydrogens (tertiary/aromatic N) is 3. The molecule has 8 nitrogen and oxygen atoms in total. The Balaban J connectivity index is 2.22. The quantitative estimate of drug-likeness (QED) is 0.674. The first-order chi connectivity index (χ1) is 11.2. The number of nitrogens with one attached hydrogen (secondary N) is 1. The first kappa shape index (κ1) is 18.0. The van der Waals surface area contributed by atoms with Crippen LogP contribution in [0.5, 0.6) is 0 Å². The SMILES string of the molecule is CN1CCN(c2ccc([N+](=O)[O-])c(NC(=O)OC(C)(C)C)c2)CC1. The number of carbonyl (C=O) groups is 1. The molecule has 0 bridgehead atoms. The fourth-order valence-corrected chi connectivity index (χ4v) is 2.46.